The molecular formula is C22H27N7O4S. The van der Waals surface area contributed by atoms with Crippen molar-refractivity contribution < 1.29 is 14.5 Å². The Morgan fingerprint density at radius 1 is 1.29 bits per heavy atom. The number of amides is 1. The molecule has 0 unspecified atom stereocenters. The quantitative estimate of drug-likeness (QED) is 0.210. The van der Waals surface area contributed by atoms with Crippen molar-refractivity contribution >= 4 is 40.2 Å². The molecule has 12 heteroatoms. The van der Waals surface area contributed by atoms with Crippen molar-refractivity contribution in [2.75, 3.05) is 43.5 Å². The maximum absolute atomic E-state index is 12.7. The number of nitro benzene ring substituents is 1. The third-order valence-electron chi connectivity index (χ3n) is 5.56. The van der Waals surface area contributed by atoms with Gasteiger partial charge >= 0.3 is 0 Å². The molecule has 0 radical (unpaired) electrons. The first-order valence-electron chi connectivity index (χ1n) is 11.2. The van der Waals surface area contributed by atoms with Gasteiger partial charge in [-0.25, -0.2) is 14.6 Å². The highest BCUT2D eigenvalue weighted by molar-refractivity contribution is 7.99. The third-order valence-corrected chi connectivity index (χ3v) is 6.61. The van der Waals surface area contributed by atoms with Gasteiger partial charge in [-0.15, -0.1) is 0 Å². The molecule has 1 fully saturated rings. The highest BCUT2D eigenvalue weighted by Gasteiger charge is 2.21. The Bertz CT molecular complexity index is 1190. The maximum Gasteiger partial charge on any atom is 0.273 e. The molecule has 1 aliphatic heterocycles. The van der Waals surface area contributed by atoms with E-state index in [1.807, 2.05) is 0 Å². The van der Waals surface area contributed by atoms with E-state index in [-0.39, 0.29) is 17.2 Å². The highest BCUT2D eigenvalue weighted by Crippen LogP contribution is 2.28. The molecule has 1 saturated heterocycles. The Labute approximate surface area is 201 Å². The van der Waals surface area contributed by atoms with E-state index in [4.69, 9.17) is 14.7 Å². The minimum Gasteiger partial charge on any atom is -0.378 e. The van der Waals surface area contributed by atoms with Crippen LogP contribution in [-0.2, 0) is 11.3 Å². The summed E-state index contributed by atoms with van der Waals surface area (Å²) in [6, 6.07) is 4.49. The Hall–Kier alpha value is -3.25. The van der Waals surface area contributed by atoms with Gasteiger partial charge in [0.05, 0.1) is 36.3 Å². The Balaban J connectivity index is 1.52. The number of carbonyl (C=O) groups excluding carboxylic acids is 1. The van der Waals surface area contributed by atoms with Crippen LogP contribution in [0.4, 0.5) is 11.5 Å². The van der Waals surface area contributed by atoms with Crippen LogP contribution in [0.15, 0.2) is 29.6 Å². The number of carbonyl (C=O) groups is 1. The molecule has 1 aromatic carbocycles. The predicted molar refractivity (Wildman–Crippen MR) is 130 cm³/mol. The van der Waals surface area contributed by atoms with E-state index in [1.54, 1.807) is 35.6 Å². The van der Waals surface area contributed by atoms with Gasteiger partial charge in [-0.1, -0.05) is 24.8 Å². The average molecular weight is 486 g/mol. The lowest BCUT2D eigenvalue weighted by Crippen LogP contribution is -2.37. The molecule has 0 bridgehead atoms. The lowest BCUT2D eigenvalue weighted by Gasteiger charge is -2.28. The molecule has 0 aliphatic carbocycles. The summed E-state index contributed by atoms with van der Waals surface area (Å²) in [6.45, 7) is 7.21. The minimum absolute atomic E-state index is 0.0739. The molecule has 0 atom stereocenters. The number of nitrogens with one attached hydrogen (secondary N) is 1. The predicted octanol–water partition coefficient (Wildman–Crippen LogP) is 2.81. The lowest BCUT2D eigenvalue weighted by molar-refractivity contribution is -0.385. The van der Waals surface area contributed by atoms with Crippen molar-refractivity contribution in [2.45, 2.75) is 32.0 Å². The molecule has 34 heavy (non-hydrogen) atoms. The molecule has 180 valence electrons. The Kier molecular flexibility index (Phi) is 7.58. The summed E-state index contributed by atoms with van der Waals surface area (Å²) in [7, 11) is 0. The van der Waals surface area contributed by atoms with E-state index in [1.165, 1.54) is 12.1 Å². The third kappa shape index (κ3) is 5.12. The van der Waals surface area contributed by atoms with Crippen LogP contribution in [0.1, 0.15) is 29.3 Å². The van der Waals surface area contributed by atoms with E-state index in [9.17, 15) is 14.9 Å². The molecule has 1 N–H and O–H groups in total. The van der Waals surface area contributed by atoms with Crippen molar-refractivity contribution in [2.24, 2.45) is 0 Å². The molecule has 0 saturated carbocycles. The zero-order valence-corrected chi connectivity index (χ0v) is 20.0. The summed E-state index contributed by atoms with van der Waals surface area (Å²) in [5, 5.41) is 20.1. The molecular weight excluding hydrogens is 458 g/mol. The van der Waals surface area contributed by atoms with Crippen molar-refractivity contribution in [1.82, 2.24) is 25.1 Å². The lowest BCUT2D eigenvalue weighted by atomic mass is 10.1. The SMILES string of the molecule is CCCSc1nc(N2CCOCC2)c2cnn(CCNC(=O)c3cccc([N+](=O)[O-])c3C)c2n1. The molecule has 1 amide bonds. The van der Waals surface area contributed by atoms with Crippen LogP contribution < -0.4 is 10.2 Å². The standard InChI is InChI=1S/C22H27N7O4S/c1-3-13-34-22-25-19(27-9-11-33-12-10-27)17-14-24-28(20(17)26-22)8-7-23-21(30)16-5-4-6-18(15(16)2)29(31)32/h4-6,14H,3,7-13H2,1-2H3,(H,23,30). The number of rotatable bonds is 9. The maximum atomic E-state index is 12.7. The van der Waals surface area contributed by atoms with Gasteiger partial charge in [-0.3, -0.25) is 14.9 Å². The normalized spacial score (nSPS) is 13.9. The zero-order valence-electron chi connectivity index (χ0n) is 19.2. The number of ether oxygens (including phenoxy) is 1. The summed E-state index contributed by atoms with van der Waals surface area (Å²) < 4.78 is 7.25. The summed E-state index contributed by atoms with van der Waals surface area (Å²) in [5.41, 5.74) is 1.27. The largest absolute Gasteiger partial charge is 0.378 e. The number of nitro groups is 1. The van der Waals surface area contributed by atoms with Gasteiger partial charge in [-0.2, -0.15) is 5.10 Å². The number of hydrogen-bond acceptors (Lipinski definition) is 9. The topological polar surface area (TPSA) is 128 Å². The van der Waals surface area contributed by atoms with Crippen molar-refractivity contribution in [3.8, 4) is 0 Å². The van der Waals surface area contributed by atoms with E-state index in [2.05, 4.69) is 22.2 Å². The number of anilines is 1. The second kappa shape index (κ2) is 10.8. The molecule has 1 aliphatic rings. The summed E-state index contributed by atoms with van der Waals surface area (Å²) >= 11 is 1.61. The van der Waals surface area contributed by atoms with E-state index in [0.717, 1.165) is 42.1 Å². The molecule has 3 heterocycles. The van der Waals surface area contributed by atoms with Crippen LogP contribution in [0, 0.1) is 17.0 Å². The van der Waals surface area contributed by atoms with Crippen LogP contribution in [0.5, 0.6) is 0 Å². The van der Waals surface area contributed by atoms with Gasteiger partial charge in [0.15, 0.2) is 10.8 Å². The van der Waals surface area contributed by atoms with Crippen LogP contribution in [0.25, 0.3) is 11.0 Å². The molecule has 0 spiro atoms. The van der Waals surface area contributed by atoms with Crippen LogP contribution >= 0.6 is 11.8 Å². The molecule has 4 rings (SSSR count). The first-order chi connectivity index (χ1) is 16.5. The van der Waals surface area contributed by atoms with E-state index >= 15 is 0 Å². The number of hydrogen-bond donors (Lipinski definition) is 1. The van der Waals surface area contributed by atoms with E-state index < -0.39 is 4.92 Å². The van der Waals surface area contributed by atoms with Gasteiger partial charge in [0.1, 0.15) is 5.82 Å². The first-order valence-corrected chi connectivity index (χ1v) is 12.2. The number of benzene rings is 1. The number of morpholine rings is 1. The van der Waals surface area contributed by atoms with Crippen molar-refractivity contribution in [1.29, 1.82) is 0 Å². The van der Waals surface area contributed by atoms with Gasteiger partial charge in [0.25, 0.3) is 11.6 Å². The first kappa shape index (κ1) is 23.9. The Morgan fingerprint density at radius 3 is 2.82 bits per heavy atom. The zero-order chi connectivity index (χ0) is 24.1. The van der Waals surface area contributed by atoms with Crippen molar-refractivity contribution in [3.63, 3.8) is 0 Å². The fourth-order valence-electron chi connectivity index (χ4n) is 3.80. The number of nitrogens with zero attached hydrogens (tertiary/aromatic N) is 6. The number of aromatic nitrogens is 4. The van der Waals surface area contributed by atoms with Gasteiger partial charge in [-0.05, 0) is 19.4 Å². The van der Waals surface area contributed by atoms with Crippen LogP contribution in [0.2, 0.25) is 0 Å². The fourth-order valence-corrected chi connectivity index (χ4v) is 4.49. The van der Waals surface area contributed by atoms with Gasteiger partial charge in [0.2, 0.25) is 0 Å². The minimum atomic E-state index is -0.484. The smallest absolute Gasteiger partial charge is 0.273 e. The summed E-state index contributed by atoms with van der Waals surface area (Å²) in [4.78, 5) is 35.1. The second-order valence-corrected chi connectivity index (χ2v) is 8.91. The highest BCUT2D eigenvalue weighted by atomic mass is 32.2. The fraction of sp³-hybridized carbons (Fsp3) is 0.455. The molecule has 11 nitrogen and oxygen atoms in total. The summed E-state index contributed by atoms with van der Waals surface area (Å²) in [6.07, 6.45) is 2.78. The number of fused-ring (bicyclic) bond motifs is 1. The average Bonchev–Trinajstić information content (AvgIpc) is 3.25. The van der Waals surface area contributed by atoms with Crippen LogP contribution in [-0.4, -0.2) is 69.2 Å². The Morgan fingerprint density at radius 2 is 2.09 bits per heavy atom. The van der Waals surface area contributed by atoms with E-state index in [0.29, 0.717) is 37.0 Å². The van der Waals surface area contributed by atoms with Gasteiger partial charge < -0.3 is 15.0 Å². The molecule has 3 aromatic rings. The van der Waals surface area contributed by atoms with Crippen LogP contribution in [0.3, 0.4) is 0 Å². The monoisotopic (exact) mass is 485 g/mol. The summed E-state index contributed by atoms with van der Waals surface area (Å²) in [5.74, 6) is 1.41. The molecule has 2 aromatic heterocycles. The van der Waals surface area contributed by atoms with Gasteiger partial charge in [0, 0.05) is 42.6 Å². The van der Waals surface area contributed by atoms with Crippen molar-refractivity contribution in [3.05, 3.63) is 45.6 Å². The number of thioether (sulfide) groups is 1. The second-order valence-electron chi connectivity index (χ2n) is 7.85.